The van der Waals surface area contributed by atoms with E-state index in [1.807, 2.05) is 18.2 Å². The fourth-order valence-electron chi connectivity index (χ4n) is 1.62. The highest BCUT2D eigenvalue weighted by atomic mass is 16.5. The number of nitrogens with one attached hydrogen (secondary N) is 1. The molecule has 5 heteroatoms. The van der Waals surface area contributed by atoms with Crippen molar-refractivity contribution in [2.75, 3.05) is 34.3 Å². The number of nitrogens with zero attached hydrogens (tertiary/aromatic N) is 1. The Morgan fingerprint density at radius 3 is 2.84 bits per heavy atom. The summed E-state index contributed by atoms with van der Waals surface area (Å²) in [6.07, 6.45) is -0.178. The zero-order chi connectivity index (χ0) is 14.3. The molecule has 0 bridgehead atoms. The molecule has 0 radical (unpaired) electrons. The van der Waals surface area contributed by atoms with Crippen LogP contribution >= 0.6 is 0 Å². The SMILES string of the molecule is COc1cccc(C(O)CNCCC(=O)N(C)C)c1. The van der Waals surface area contributed by atoms with Crippen molar-refractivity contribution < 1.29 is 14.6 Å². The lowest BCUT2D eigenvalue weighted by Crippen LogP contribution is -2.28. The van der Waals surface area contributed by atoms with Gasteiger partial charge in [0.2, 0.25) is 5.91 Å². The van der Waals surface area contributed by atoms with Crippen molar-refractivity contribution in [2.45, 2.75) is 12.5 Å². The molecule has 1 aromatic carbocycles. The summed E-state index contributed by atoms with van der Waals surface area (Å²) in [6, 6.07) is 7.32. The van der Waals surface area contributed by atoms with E-state index in [2.05, 4.69) is 5.32 Å². The van der Waals surface area contributed by atoms with Gasteiger partial charge in [0.05, 0.1) is 13.2 Å². The van der Waals surface area contributed by atoms with Crippen LogP contribution in [0.4, 0.5) is 0 Å². The molecular formula is C14H22N2O3. The Hall–Kier alpha value is -1.59. The zero-order valence-electron chi connectivity index (χ0n) is 11.7. The molecule has 0 saturated carbocycles. The summed E-state index contributed by atoms with van der Waals surface area (Å²) in [5.74, 6) is 0.794. The van der Waals surface area contributed by atoms with Gasteiger partial charge in [-0.1, -0.05) is 12.1 Å². The van der Waals surface area contributed by atoms with Gasteiger partial charge in [0.1, 0.15) is 5.75 Å². The fourth-order valence-corrected chi connectivity index (χ4v) is 1.62. The van der Waals surface area contributed by atoms with Gasteiger partial charge in [-0.25, -0.2) is 0 Å². The smallest absolute Gasteiger partial charge is 0.223 e. The summed E-state index contributed by atoms with van der Waals surface area (Å²) in [5, 5.41) is 13.1. The van der Waals surface area contributed by atoms with Crippen molar-refractivity contribution in [3.63, 3.8) is 0 Å². The second kappa shape index (κ2) is 7.76. The molecule has 1 atom stereocenters. The minimum Gasteiger partial charge on any atom is -0.497 e. The van der Waals surface area contributed by atoms with Crippen LogP contribution in [-0.2, 0) is 4.79 Å². The first kappa shape index (κ1) is 15.5. The van der Waals surface area contributed by atoms with Gasteiger partial charge in [-0.3, -0.25) is 4.79 Å². The third kappa shape index (κ3) is 5.28. The summed E-state index contributed by atoms with van der Waals surface area (Å²) in [4.78, 5) is 12.9. The summed E-state index contributed by atoms with van der Waals surface area (Å²) in [7, 11) is 5.05. The first-order valence-electron chi connectivity index (χ1n) is 6.27. The van der Waals surface area contributed by atoms with Crippen LogP contribution in [0.15, 0.2) is 24.3 Å². The van der Waals surface area contributed by atoms with E-state index in [9.17, 15) is 9.90 Å². The molecule has 1 amide bonds. The van der Waals surface area contributed by atoms with Crippen LogP contribution in [0.5, 0.6) is 5.75 Å². The lowest BCUT2D eigenvalue weighted by atomic mass is 10.1. The van der Waals surface area contributed by atoms with E-state index in [-0.39, 0.29) is 5.91 Å². The van der Waals surface area contributed by atoms with E-state index in [1.54, 1.807) is 32.2 Å². The van der Waals surface area contributed by atoms with Crippen LogP contribution in [0, 0.1) is 0 Å². The van der Waals surface area contributed by atoms with E-state index in [0.29, 0.717) is 19.5 Å². The molecule has 0 spiro atoms. The Morgan fingerprint density at radius 1 is 1.47 bits per heavy atom. The highest BCUT2D eigenvalue weighted by Gasteiger charge is 2.09. The van der Waals surface area contributed by atoms with E-state index in [1.165, 1.54) is 0 Å². The molecule has 0 aliphatic rings. The molecule has 106 valence electrons. The second-order valence-corrected chi connectivity index (χ2v) is 4.53. The third-order valence-electron chi connectivity index (χ3n) is 2.83. The summed E-state index contributed by atoms with van der Waals surface area (Å²) in [6.45, 7) is 0.964. The van der Waals surface area contributed by atoms with Crippen molar-refractivity contribution in [1.29, 1.82) is 0 Å². The first-order valence-corrected chi connectivity index (χ1v) is 6.27. The van der Waals surface area contributed by atoms with Gasteiger partial charge in [-0.2, -0.15) is 0 Å². The van der Waals surface area contributed by atoms with Crippen LogP contribution < -0.4 is 10.1 Å². The molecule has 1 aromatic rings. The van der Waals surface area contributed by atoms with Gasteiger partial charge in [0, 0.05) is 33.6 Å². The highest BCUT2D eigenvalue weighted by Crippen LogP contribution is 2.18. The molecule has 0 heterocycles. The number of rotatable bonds is 7. The average Bonchev–Trinajstić information content (AvgIpc) is 2.42. The molecule has 5 nitrogen and oxygen atoms in total. The van der Waals surface area contributed by atoms with Gasteiger partial charge in [0.25, 0.3) is 0 Å². The molecule has 1 unspecified atom stereocenters. The van der Waals surface area contributed by atoms with Gasteiger partial charge < -0.3 is 20.1 Å². The first-order chi connectivity index (χ1) is 9.04. The molecule has 0 fully saturated rings. The predicted octanol–water partition coefficient (Wildman–Crippen LogP) is 0.796. The Kier molecular flexibility index (Phi) is 6.32. The fraction of sp³-hybridized carbons (Fsp3) is 0.500. The molecular weight excluding hydrogens is 244 g/mol. The largest absolute Gasteiger partial charge is 0.497 e. The number of aliphatic hydroxyl groups is 1. The number of amides is 1. The van der Waals surface area contributed by atoms with Crippen LogP contribution in [0.3, 0.4) is 0 Å². The molecule has 0 aliphatic heterocycles. The number of carbonyl (C=O) groups is 1. The molecule has 0 aliphatic carbocycles. The van der Waals surface area contributed by atoms with E-state index in [4.69, 9.17) is 4.74 Å². The van der Waals surface area contributed by atoms with E-state index < -0.39 is 6.10 Å². The van der Waals surface area contributed by atoms with Gasteiger partial charge >= 0.3 is 0 Å². The minimum absolute atomic E-state index is 0.0726. The summed E-state index contributed by atoms with van der Waals surface area (Å²) < 4.78 is 5.11. The lowest BCUT2D eigenvalue weighted by Gasteiger charge is -2.14. The van der Waals surface area contributed by atoms with Crippen LogP contribution in [0.1, 0.15) is 18.1 Å². The Bertz CT molecular complexity index is 407. The quantitative estimate of drug-likeness (QED) is 0.717. The van der Waals surface area contributed by atoms with Gasteiger partial charge in [-0.05, 0) is 17.7 Å². The summed E-state index contributed by atoms with van der Waals surface area (Å²) in [5.41, 5.74) is 0.797. The number of ether oxygens (including phenoxy) is 1. The molecule has 0 aromatic heterocycles. The number of hydrogen-bond donors (Lipinski definition) is 2. The van der Waals surface area contributed by atoms with Crippen LogP contribution in [-0.4, -0.2) is 50.2 Å². The average molecular weight is 266 g/mol. The van der Waals surface area contributed by atoms with Crippen molar-refractivity contribution >= 4 is 5.91 Å². The molecule has 1 rings (SSSR count). The zero-order valence-corrected chi connectivity index (χ0v) is 11.7. The Labute approximate surface area is 114 Å². The number of aliphatic hydroxyl groups excluding tert-OH is 1. The van der Waals surface area contributed by atoms with E-state index >= 15 is 0 Å². The second-order valence-electron chi connectivity index (χ2n) is 4.53. The normalized spacial score (nSPS) is 12.0. The Morgan fingerprint density at radius 2 is 2.21 bits per heavy atom. The van der Waals surface area contributed by atoms with Crippen molar-refractivity contribution in [3.05, 3.63) is 29.8 Å². The molecule has 19 heavy (non-hydrogen) atoms. The highest BCUT2D eigenvalue weighted by molar-refractivity contribution is 5.75. The minimum atomic E-state index is -0.607. The van der Waals surface area contributed by atoms with Crippen molar-refractivity contribution in [3.8, 4) is 5.75 Å². The molecule has 2 N–H and O–H groups in total. The predicted molar refractivity (Wildman–Crippen MR) is 74.1 cm³/mol. The van der Waals surface area contributed by atoms with Gasteiger partial charge in [-0.15, -0.1) is 0 Å². The Balaban J connectivity index is 2.34. The number of carbonyl (C=O) groups excluding carboxylic acids is 1. The van der Waals surface area contributed by atoms with Crippen molar-refractivity contribution in [2.24, 2.45) is 0 Å². The number of hydrogen-bond acceptors (Lipinski definition) is 4. The standard InChI is InChI=1S/C14H22N2O3/c1-16(2)14(18)7-8-15-10-13(17)11-5-4-6-12(9-11)19-3/h4-6,9,13,15,17H,7-8,10H2,1-3H3. The van der Waals surface area contributed by atoms with E-state index in [0.717, 1.165) is 11.3 Å². The maximum atomic E-state index is 11.3. The van der Waals surface area contributed by atoms with Gasteiger partial charge in [0.15, 0.2) is 0 Å². The summed E-state index contributed by atoms with van der Waals surface area (Å²) >= 11 is 0. The maximum absolute atomic E-state index is 11.3. The third-order valence-corrected chi connectivity index (χ3v) is 2.83. The monoisotopic (exact) mass is 266 g/mol. The van der Waals surface area contributed by atoms with Crippen LogP contribution in [0.25, 0.3) is 0 Å². The maximum Gasteiger partial charge on any atom is 0.223 e. The lowest BCUT2D eigenvalue weighted by molar-refractivity contribution is -0.128. The van der Waals surface area contributed by atoms with Crippen LogP contribution in [0.2, 0.25) is 0 Å². The molecule has 0 saturated heterocycles. The number of benzene rings is 1. The topological polar surface area (TPSA) is 61.8 Å². The number of methoxy groups -OCH3 is 1. The van der Waals surface area contributed by atoms with Crippen molar-refractivity contribution in [1.82, 2.24) is 10.2 Å².